The fourth-order valence-electron chi connectivity index (χ4n) is 3.57. The SMILES string of the molecule is CCN1C(=O)[C@](O)(CC(=O)c2cc(OC)c(OC)c(OC)c2)c2ccccc21. The van der Waals surface area contributed by atoms with Crippen LogP contribution in [0.25, 0.3) is 0 Å². The molecule has 2 aromatic rings. The molecular weight excluding hydrogens is 362 g/mol. The summed E-state index contributed by atoms with van der Waals surface area (Å²) >= 11 is 0. The smallest absolute Gasteiger partial charge is 0.264 e. The zero-order valence-electron chi connectivity index (χ0n) is 16.3. The number of carbonyl (C=O) groups is 2. The van der Waals surface area contributed by atoms with E-state index >= 15 is 0 Å². The number of benzene rings is 2. The molecule has 0 spiro atoms. The van der Waals surface area contributed by atoms with E-state index in [0.717, 1.165) is 0 Å². The number of hydrogen-bond acceptors (Lipinski definition) is 6. The highest BCUT2D eigenvalue weighted by Gasteiger charge is 2.50. The topological polar surface area (TPSA) is 85.3 Å². The van der Waals surface area contributed by atoms with Gasteiger partial charge in [-0.2, -0.15) is 0 Å². The fraction of sp³-hybridized carbons (Fsp3) is 0.333. The van der Waals surface area contributed by atoms with Gasteiger partial charge in [-0.1, -0.05) is 18.2 Å². The van der Waals surface area contributed by atoms with E-state index in [4.69, 9.17) is 14.2 Å². The number of fused-ring (bicyclic) bond motifs is 1. The van der Waals surface area contributed by atoms with Crippen LogP contribution in [0.3, 0.4) is 0 Å². The first-order valence-electron chi connectivity index (χ1n) is 8.88. The van der Waals surface area contributed by atoms with Crippen LogP contribution in [-0.4, -0.2) is 44.7 Å². The van der Waals surface area contributed by atoms with Gasteiger partial charge in [0.25, 0.3) is 5.91 Å². The molecule has 1 atom stereocenters. The molecule has 0 saturated carbocycles. The minimum Gasteiger partial charge on any atom is -0.493 e. The van der Waals surface area contributed by atoms with Gasteiger partial charge in [-0.3, -0.25) is 9.59 Å². The number of para-hydroxylation sites is 1. The van der Waals surface area contributed by atoms with Crippen molar-refractivity contribution in [3.05, 3.63) is 47.5 Å². The van der Waals surface area contributed by atoms with Crippen LogP contribution in [0.1, 0.15) is 29.3 Å². The van der Waals surface area contributed by atoms with Gasteiger partial charge in [0.1, 0.15) is 0 Å². The predicted octanol–water partition coefficient (Wildman–Crippen LogP) is 2.54. The first kappa shape index (κ1) is 19.7. The number of methoxy groups -OCH3 is 3. The van der Waals surface area contributed by atoms with Gasteiger partial charge in [0.05, 0.1) is 33.4 Å². The van der Waals surface area contributed by atoms with Gasteiger partial charge in [-0.25, -0.2) is 0 Å². The van der Waals surface area contributed by atoms with Crippen LogP contribution in [0.5, 0.6) is 17.2 Å². The molecule has 2 aromatic carbocycles. The van der Waals surface area contributed by atoms with Crippen molar-refractivity contribution < 1.29 is 28.9 Å². The number of likely N-dealkylation sites (N-methyl/N-ethyl adjacent to an activating group) is 1. The van der Waals surface area contributed by atoms with Gasteiger partial charge in [-0.05, 0) is 25.1 Å². The molecule has 0 unspecified atom stereocenters. The second kappa shape index (κ2) is 7.52. The third-order valence-corrected chi connectivity index (χ3v) is 4.96. The molecule has 3 rings (SSSR count). The Kier molecular flexibility index (Phi) is 5.29. The van der Waals surface area contributed by atoms with Crippen LogP contribution in [0.2, 0.25) is 0 Å². The largest absolute Gasteiger partial charge is 0.493 e. The van der Waals surface area contributed by atoms with Crippen molar-refractivity contribution in [2.24, 2.45) is 0 Å². The van der Waals surface area contributed by atoms with Crippen molar-refractivity contribution in [2.75, 3.05) is 32.8 Å². The van der Waals surface area contributed by atoms with Crippen LogP contribution in [-0.2, 0) is 10.4 Å². The standard InChI is InChI=1S/C21H23NO6/c1-5-22-15-9-7-6-8-14(15)21(25,20(22)24)12-16(23)13-10-17(26-2)19(28-4)18(11-13)27-3/h6-11,25H,5,12H2,1-4H3/t21-/m0/s1. The fourth-order valence-corrected chi connectivity index (χ4v) is 3.57. The van der Waals surface area contributed by atoms with Gasteiger partial charge < -0.3 is 24.2 Å². The average Bonchev–Trinajstić information content (AvgIpc) is 2.93. The Morgan fingerprint density at radius 1 is 1.07 bits per heavy atom. The summed E-state index contributed by atoms with van der Waals surface area (Å²) in [6.07, 6.45) is -0.391. The third kappa shape index (κ3) is 2.97. The molecule has 28 heavy (non-hydrogen) atoms. The lowest BCUT2D eigenvalue weighted by Gasteiger charge is -2.22. The van der Waals surface area contributed by atoms with Gasteiger partial charge in [-0.15, -0.1) is 0 Å². The highest BCUT2D eigenvalue weighted by Crippen LogP contribution is 2.44. The Morgan fingerprint density at radius 3 is 2.21 bits per heavy atom. The summed E-state index contributed by atoms with van der Waals surface area (Å²) in [7, 11) is 4.38. The van der Waals surface area contributed by atoms with E-state index in [9.17, 15) is 14.7 Å². The van der Waals surface area contributed by atoms with E-state index in [1.165, 1.54) is 38.4 Å². The van der Waals surface area contributed by atoms with Gasteiger partial charge in [0.15, 0.2) is 22.9 Å². The van der Waals surface area contributed by atoms with Crippen LogP contribution < -0.4 is 19.1 Å². The molecule has 0 bridgehead atoms. The first-order valence-corrected chi connectivity index (χ1v) is 8.88. The maximum Gasteiger partial charge on any atom is 0.264 e. The predicted molar refractivity (Wildman–Crippen MR) is 103 cm³/mol. The van der Waals surface area contributed by atoms with Crippen LogP contribution >= 0.6 is 0 Å². The Hall–Kier alpha value is -3.06. The van der Waals surface area contributed by atoms with Crippen LogP contribution in [0.15, 0.2) is 36.4 Å². The normalized spacial score (nSPS) is 18.0. The third-order valence-electron chi connectivity index (χ3n) is 4.96. The molecule has 7 heteroatoms. The molecule has 7 nitrogen and oxygen atoms in total. The maximum atomic E-state index is 13.0. The highest BCUT2D eigenvalue weighted by atomic mass is 16.5. The molecule has 1 heterocycles. The van der Waals surface area contributed by atoms with E-state index in [-0.39, 0.29) is 5.56 Å². The lowest BCUT2D eigenvalue weighted by molar-refractivity contribution is -0.135. The molecule has 0 radical (unpaired) electrons. The Bertz CT molecular complexity index is 900. The molecule has 0 aliphatic carbocycles. The molecule has 0 saturated heterocycles. The van der Waals surface area contributed by atoms with Crippen LogP contribution in [0.4, 0.5) is 5.69 Å². The van der Waals surface area contributed by atoms with Crippen LogP contribution in [0, 0.1) is 0 Å². The number of Topliss-reactive ketones (excluding diaryl/α,β-unsaturated/α-hetero) is 1. The Labute approximate surface area is 163 Å². The monoisotopic (exact) mass is 385 g/mol. The summed E-state index contributed by atoms with van der Waals surface area (Å²) in [6, 6.07) is 9.98. The highest BCUT2D eigenvalue weighted by molar-refractivity contribution is 6.10. The summed E-state index contributed by atoms with van der Waals surface area (Å²) in [4.78, 5) is 27.4. The van der Waals surface area contributed by atoms with Crippen molar-refractivity contribution in [2.45, 2.75) is 18.9 Å². The number of ketones is 1. The molecule has 1 N–H and O–H groups in total. The number of anilines is 1. The molecule has 0 fully saturated rings. The lowest BCUT2D eigenvalue weighted by Crippen LogP contribution is -2.41. The molecule has 148 valence electrons. The van der Waals surface area contributed by atoms with Crippen molar-refractivity contribution in [3.8, 4) is 17.2 Å². The first-order chi connectivity index (χ1) is 13.4. The van der Waals surface area contributed by atoms with E-state index in [0.29, 0.717) is 35.0 Å². The van der Waals surface area contributed by atoms with Crippen molar-refractivity contribution in [1.82, 2.24) is 0 Å². The van der Waals surface area contributed by atoms with E-state index < -0.39 is 23.7 Å². The maximum absolute atomic E-state index is 13.0. The lowest BCUT2D eigenvalue weighted by atomic mass is 9.88. The number of nitrogens with zero attached hydrogens (tertiary/aromatic N) is 1. The van der Waals surface area contributed by atoms with Gasteiger partial charge >= 0.3 is 0 Å². The molecule has 1 aliphatic heterocycles. The second-order valence-corrected chi connectivity index (χ2v) is 6.44. The summed E-state index contributed by atoms with van der Waals surface area (Å²) in [5.74, 6) is 0.0932. The summed E-state index contributed by atoms with van der Waals surface area (Å²) in [5, 5.41) is 11.2. The number of rotatable bonds is 7. The number of hydrogen-bond donors (Lipinski definition) is 1. The molecule has 1 aliphatic rings. The van der Waals surface area contributed by atoms with E-state index in [1.807, 2.05) is 6.92 Å². The van der Waals surface area contributed by atoms with E-state index in [1.54, 1.807) is 24.3 Å². The quantitative estimate of drug-likeness (QED) is 0.738. The molecule has 0 aromatic heterocycles. The number of amides is 1. The summed E-state index contributed by atoms with van der Waals surface area (Å²) in [6.45, 7) is 2.22. The van der Waals surface area contributed by atoms with Crippen molar-refractivity contribution in [3.63, 3.8) is 0 Å². The summed E-state index contributed by atoms with van der Waals surface area (Å²) < 4.78 is 15.8. The van der Waals surface area contributed by atoms with E-state index in [2.05, 4.69) is 0 Å². The minimum atomic E-state index is -1.91. The summed E-state index contributed by atoms with van der Waals surface area (Å²) in [5.41, 5.74) is -0.606. The Morgan fingerprint density at radius 2 is 1.68 bits per heavy atom. The average molecular weight is 385 g/mol. The second-order valence-electron chi connectivity index (χ2n) is 6.44. The van der Waals surface area contributed by atoms with Crippen molar-refractivity contribution >= 4 is 17.4 Å². The number of carbonyl (C=O) groups excluding carboxylic acids is 2. The zero-order valence-corrected chi connectivity index (χ0v) is 16.3. The Balaban J connectivity index is 2.00. The zero-order chi connectivity index (χ0) is 20.5. The molecule has 1 amide bonds. The minimum absolute atomic E-state index is 0.253. The number of ether oxygens (including phenoxy) is 3. The molecular formula is C21H23NO6. The van der Waals surface area contributed by atoms with Crippen molar-refractivity contribution in [1.29, 1.82) is 0 Å². The van der Waals surface area contributed by atoms with Gasteiger partial charge in [0.2, 0.25) is 5.75 Å². The number of aliphatic hydroxyl groups is 1. The van der Waals surface area contributed by atoms with Gasteiger partial charge in [0, 0.05) is 17.7 Å².